The van der Waals surface area contributed by atoms with E-state index in [1.807, 2.05) is 36.4 Å². The van der Waals surface area contributed by atoms with Gasteiger partial charge in [0.25, 0.3) is 0 Å². The van der Waals surface area contributed by atoms with Gasteiger partial charge in [0.15, 0.2) is 11.5 Å². The Labute approximate surface area is 130 Å². The second-order valence-electron chi connectivity index (χ2n) is 4.46. The molecule has 2 rings (SSSR count). The van der Waals surface area contributed by atoms with Gasteiger partial charge in [-0.05, 0) is 23.8 Å². The zero-order valence-electron chi connectivity index (χ0n) is 12.8. The summed E-state index contributed by atoms with van der Waals surface area (Å²) in [5, 5.41) is 9.42. The van der Waals surface area contributed by atoms with Crippen molar-refractivity contribution in [1.29, 1.82) is 5.26 Å². The lowest BCUT2D eigenvalue weighted by Gasteiger charge is -2.14. The van der Waals surface area contributed by atoms with E-state index in [1.165, 1.54) is 0 Å². The summed E-state index contributed by atoms with van der Waals surface area (Å²) in [6.07, 6.45) is 1.77. The van der Waals surface area contributed by atoms with E-state index in [4.69, 9.17) is 14.2 Å². The molecule has 112 valence electrons. The topological polar surface area (TPSA) is 51.5 Å². The molecule has 0 aromatic heterocycles. The number of hydrogen-bond acceptors (Lipinski definition) is 4. The first-order valence-corrected chi connectivity index (χ1v) is 6.71. The Balaban J connectivity index is 2.57. The molecule has 0 aliphatic rings. The monoisotopic (exact) mass is 295 g/mol. The van der Waals surface area contributed by atoms with Crippen LogP contribution in [0.25, 0.3) is 11.6 Å². The largest absolute Gasteiger partial charge is 0.493 e. The molecule has 0 unspecified atom stereocenters. The zero-order valence-corrected chi connectivity index (χ0v) is 12.8. The molecule has 2 aromatic carbocycles. The van der Waals surface area contributed by atoms with Crippen LogP contribution in [0.5, 0.6) is 17.2 Å². The average Bonchev–Trinajstić information content (AvgIpc) is 2.59. The quantitative estimate of drug-likeness (QED) is 0.622. The van der Waals surface area contributed by atoms with Gasteiger partial charge >= 0.3 is 0 Å². The average molecular weight is 295 g/mol. The van der Waals surface area contributed by atoms with E-state index in [1.54, 1.807) is 33.5 Å². The first-order chi connectivity index (χ1) is 10.7. The zero-order chi connectivity index (χ0) is 15.9. The summed E-state index contributed by atoms with van der Waals surface area (Å²) < 4.78 is 16.0. The minimum Gasteiger partial charge on any atom is -0.493 e. The van der Waals surface area contributed by atoms with Crippen molar-refractivity contribution >= 4 is 11.6 Å². The van der Waals surface area contributed by atoms with Gasteiger partial charge in [-0.2, -0.15) is 5.26 Å². The van der Waals surface area contributed by atoms with Gasteiger partial charge in [0.2, 0.25) is 5.75 Å². The smallest absolute Gasteiger partial charge is 0.203 e. The molecule has 0 bridgehead atoms. The minimum atomic E-state index is 0.504. The highest BCUT2D eigenvalue weighted by atomic mass is 16.5. The van der Waals surface area contributed by atoms with Crippen molar-refractivity contribution in [2.24, 2.45) is 0 Å². The molecule has 4 heteroatoms. The normalized spacial score (nSPS) is 10.7. The molecule has 0 radical (unpaired) electrons. The van der Waals surface area contributed by atoms with E-state index in [9.17, 15) is 5.26 Å². The van der Waals surface area contributed by atoms with Crippen LogP contribution in [0.15, 0.2) is 42.5 Å². The lowest BCUT2D eigenvalue weighted by atomic mass is 10.0. The first kappa shape index (κ1) is 15.5. The Morgan fingerprint density at radius 3 is 2.14 bits per heavy atom. The summed E-state index contributed by atoms with van der Waals surface area (Å²) in [5.74, 6) is 1.62. The molecule has 22 heavy (non-hydrogen) atoms. The molecule has 0 heterocycles. The molecule has 0 aliphatic heterocycles. The maximum atomic E-state index is 9.42. The molecule has 0 atom stereocenters. The standard InChI is InChI=1S/C18H17NO3/c1-20-16-10-9-14(17(21-2)18(16)22-3)11-15(12-19)13-7-5-4-6-8-13/h4-11H,1-3H3. The van der Waals surface area contributed by atoms with Crippen molar-refractivity contribution in [2.75, 3.05) is 21.3 Å². The third-order valence-electron chi connectivity index (χ3n) is 3.24. The second kappa shape index (κ2) is 7.19. The van der Waals surface area contributed by atoms with Crippen LogP contribution in [0, 0.1) is 11.3 Å². The van der Waals surface area contributed by atoms with E-state index in [-0.39, 0.29) is 0 Å². The second-order valence-corrected chi connectivity index (χ2v) is 4.46. The number of ether oxygens (including phenoxy) is 3. The third kappa shape index (κ3) is 3.04. The molecular weight excluding hydrogens is 278 g/mol. The summed E-state index contributed by atoms with van der Waals surface area (Å²) in [6, 6.07) is 15.3. The highest BCUT2D eigenvalue weighted by Crippen LogP contribution is 2.41. The number of methoxy groups -OCH3 is 3. The fourth-order valence-corrected chi connectivity index (χ4v) is 2.19. The van der Waals surface area contributed by atoms with Crippen molar-refractivity contribution in [3.8, 4) is 23.3 Å². The fraction of sp³-hybridized carbons (Fsp3) is 0.167. The Morgan fingerprint density at radius 1 is 0.909 bits per heavy atom. The van der Waals surface area contributed by atoms with Crippen LogP contribution in [0.3, 0.4) is 0 Å². The van der Waals surface area contributed by atoms with Crippen LogP contribution >= 0.6 is 0 Å². The van der Waals surface area contributed by atoms with E-state index >= 15 is 0 Å². The first-order valence-electron chi connectivity index (χ1n) is 6.71. The van der Waals surface area contributed by atoms with E-state index in [0.717, 1.165) is 11.1 Å². The predicted molar refractivity (Wildman–Crippen MR) is 86.0 cm³/mol. The van der Waals surface area contributed by atoms with Gasteiger partial charge < -0.3 is 14.2 Å². The number of nitriles is 1. The number of benzene rings is 2. The van der Waals surface area contributed by atoms with Crippen LogP contribution in [0.4, 0.5) is 0 Å². The fourth-order valence-electron chi connectivity index (χ4n) is 2.19. The van der Waals surface area contributed by atoms with E-state index in [0.29, 0.717) is 22.8 Å². The van der Waals surface area contributed by atoms with Gasteiger partial charge in [-0.25, -0.2) is 0 Å². The van der Waals surface area contributed by atoms with Crippen molar-refractivity contribution in [2.45, 2.75) is 0 Å². The molecule has 0 saturated carbocycles. The Morgan fingerprint density at radius 2 is 1.59 bits per heavy atom. The summed E-state index contributed by atoms with van der Waals surface area (Å²) in [5.41, 5.74) is 2.15. The van der Waals surface area contributed by atoms with Gasteiger partial charge in [-0.15, -0.1) is 0 Å². The number of allylic oxidation sites excluding steroid dienone is 1. The summed E-state index contributed by atoms with van der Waals surface area (Å²) in [4.78, 5) is 0. The molecule has 0 aliphatic carbocycles. The van der Waals surface area contributed by atoms with Crippen molar-refractivity contribution in [1.82, 2.24) is 0 Å². The predicted octanol–water partition coefficient (Wildman–Crippen LogP) is 3.78. The van der Waals surface area contributed by atoms with Crippen molar-refractivity contribution in [3.05, 3.63) is 53.6 Å². The van der Waals surface area contributed by atoms with Crippen LogP contribution in [0.1, 0.15) is 11.1 Å². The highest BCUT2D eigenvalue weighted by Gasteiger charge is 2.15. The maximum Gasteiger partial charge on any atom is 0.203 e. The van der Waals surface area contributed by atoms with Gasteiger partial charge in [0.1, 0.15) is 0 Å². The van der Waals surface area contributed by atoms with E-state index < -0.39 is 0 Å². The minimum absolute atomic E-state index is 0.504. The van der Waals surface area contributed by atoms with Crippen molar-refractivity contribution < 1.29 is 14.2 Å². The Hall–Kier alpha value is -2.93. The lowest BCUT2D eigenvalue weighted by molar-refractivity contribution is 0.324. The molecule has 0 fully saturated rings. The summed E-state index contributed by atoms with van der Waals surface area (Å²) >= 11 is 0. The van der Waals surface area contributed by atoms with Crippen LogP contribution in [-0.4, -0.2) is 21.3 Å². The van der Waals surface area contributed by atoms with Crippen LogP contribution in [0.2, 0.25) is 0 Å². The SMILES string of the molecule is COc1ccc(C=C(C#N)c2ccccc2)c(OC)c1OC. The maximum absolute atomic E-state index is 9.42. The number of hydrogen-bond donors (Lipinski definition) is 0. The molecule has 0 amide bonds. The summed E-state index contributed by atoms with van der Waals surface area (Å²) in [6.45, 7) is 0. The van der Waals surface area contributed by atoms with Crippen molar-refractivity contribution in [3.63, 3.8) is 0 Å². The van der Waals surface area contributed by atoms with Crippen LogP contribution < -0.4 is 14.2 Å². The van der Waals surface area contributed by atoms with E-state index in [2.05, 4.69) is 6.07 Å². The molecule has 0 spiro atoms. The molecule has 4 nitrogen and oxygen atoms in total. The van der Waals surface area contributed by atoms with Gasteiger partial charge in [0, 0.05) is 5.56 Å². The van der Waals surface area contributed by atoms with Gasteiger partial charge in [-0.1, -0.05) is 30.3 Å². The summed E-state index contributed by atoms with van der Waals surface area (Å²) in [7, 11) is 4.68. The Bertz CT molecular complexity index is 715. The lowest BCUT2D eigenvalue weighted by Crippen LogP contribution is -1.97. The highest BCUT2D eigenvalue weighted by molar-refractivity contribution is 5.91. The molecular formula is C18H17NO3. The van der Waals surface area contributed by atoms with Crippen LogP contribution in [-0.2, 0) is 0 Å². The molecule has 0 N–H and O–H groups in total. The van der Waals surface area contributed by atoms with Gasteiger partial charge in [-0.3, -0.25) is 0 Å². The Kier molecular flexibility index (Phi) is 5.05. The number of rotatable bonds is 5. The molecule has 2 aromatic rings. The number of nitrogens with zero attached hydrogens (tertiary/aromatic N) is 1. The molecule has 0 saturated heterocycles. The third-order valence-corrected chi connectivity index (χ3v) is 3.24. The van der Waals surface area contributed by atoms with Gasteiger partial charge in [0.05, 0.1) is 33.0 Å².